The van der Waals surface area contributed by atoms with Gasteiger partial charge in [0.05, 0.1) is 13.2 Å². The molecule has 1 atom stereocenters. The smallest absolute Gasteiger partial charge is 0.252 e. The number of amidine groups is 1. The summed E-state index contributed by atoms with van der Waals surface area (Å²) >= 11 is 0. The van der Waals surface area contributed by atoms with Crippen molar-refractivity contribution < 1.29 is 14.7 Å². The number of methoxy groups -OCH3 is 1. The minimum atomic E-state index is -0.496. The number of benzene rings is 1. The van der Waals surface area contributed by atoms with E-state index in [0.717, 1.165) is 5.56 Å². The molecule has 0 radical (unpaired) electrons. The molecule has 19 heavy (non-hydrogen) atoms. The van der Waals surface area contributed by atoms with Gasteiger partial charge in [-0.1, -0.05) is 18.1 Å². The summed E-state index contributed by atoms with van der Waals surface area (Å²) < 4.78 is 5.17. The van der Waals surface area contributed by atoms with Gasteiger partial charge in [-0.3, -0.25) is 4.79 Å². The zero-order chi connectivity index (χ0) is 14.4. The second kappa shape index (κ2) is 6.63. The standard InChI is InChI=1S/C13H19N3O3/c1-4-10(12(14)16-18)15-13(17)9-6-5-8(2)11(7-9)19-3/h5-7,10,18H,4H2,1-3H3,(H2,14,16)(H,15,17). The molecule has 104 valence electrons. The number of aryl methyl sites for hydroxylation is 1. The van der Waals surface area contributed by atoms with E-state index in [1.807, 2.05) is 13.8 Å². The van der Waals surface area contributed by atoms with E-state index in [4.69, 9.17) is 15.7 Å². The molecule has 4 N–H and O–H groups in total. The summed E-state index contributed by atoms with van der Waals surface area (Å²) in [6.45, 7) is 3.73. The second-order valence-corrected chi connectivity index (χ2v) is 4.14. The Morgan fingerprint density at radius 2 is 2.26 bits per heavy atom. The van der Waals surface area contributed by atoms with Crippen LogP contribution in [0.15, 0.2) is 23.4 Å². The fourth-order valence-electron chi connectivity index (χ4n) is 1.66. The van der Waals surface area contributed by atoms with Gasteiger partial charge in [-0.05, 0) is 31.0 Å². The average Bonchev–Trinajstić information content (AvgIpc) is 2.44. The first-order chi connectivity index (χ1) is 9.03. The van der Waals surface area contributed by atoms with Crippen molar-refractivity contribution in [1.82, 2.24) is 5.32 Å². The quantitative estimate of drug-likeness (QED) is 0.323. The molecule has 6 nitrogen and oxygen atoms in total. The third kappa shape index (κ3) is 3.61. The van der Waals surface area contributed by atoms with Crippen molar-refractivity contribution in [3.8, 4) is 5.75 Å². The van der Waals surface area contributed by atoms with Gasteiger partial charge in [-0.2, -0.15) is 0 Å². The zero-order valence-corrected chi connectivity index (χ0v) is 11.3. The van der Waals surface area contributed by atoms with E-state index in [1.54, 1.807) is 25.3 Å². The third-order valence-electron chi connectivity index (χ3n) is 2.86. The molecule has 0 saturated carbocycles. The highest BCUT2D eigenvalue weighted by Crippen LogP contribution is 2.18. The molecule has 0 bridgehead atoms. The van der Waals surface area contributed by atoms with Crippen LogP contribution in [-0.4, -0.2) is 30.1 Å². The maximum Gasteiger partial charge on any atom is 0.252 e. The highest BCUT2D eigenvalue weighted by Gasteiger charge is 2.16. The van der Waals surface area contributed by atoms with Crippen molar-refractivity contribution in [2.24, 2.45) is 10.9 Å². The number of rotatable bonds is 5. The van der Waals surface area contributed by atoms with Crippen molar-refractivity contribution in [2.45, 2.75) is 26.3 Å². The number of nitrogens with two attached hydrogens (primary N) is 1. The fourth-order valence-corrected chi connectivity index (χ4v) is 1.66. The van der Waals surface area contributed by atoms with Crippen molar-refractivity contribution in [1.29, 1.82) is 0 Å². The number of oxime groups is 1. The van der Waals surface area contributed by atoms with E-state index in [2.05, 4.69) is 10.5 Å². The summed E-state index contributed by atoms with van der Waals surface area (Å²) in [5.41, 5.74) is 6.91. The fraction of sp³-hybridized carbons (Fsp3) is 0.385. The van der Waals surface area contributed by atoms with Gasteiger partial charge < -0.3 is 21.0 Å². The molecule has 0 aliphatic rings. The Morgan fingerprint density at radius 1 is 1.58 bits per heavy atom. The lowest BCUT2D eigenvalue weighted by atomic mass is 10.1. The van der Waals surface area contributed by atoms with E-state index in [-0.39, 0.29) is 11.7 Å². The molecule has 0 spiro atoms. The van der Waals surface area contributed by atoms with E-state index < -0.39 is 6.04 Å². The number of amides is 1. The van der Waals surface area contributed by atoms with E-state index in [1.165, 1.54) is 0 Å². The lowest BCUT2D eigenvalue weighted by molar-refractivity contribution is 0.0945. The molecule has 0 aliphatic carbocycles. The van der Waals surface area contributed by atoms with E-state index >= 15 is 0 Å². The molecule has 0 saturated heterocycles. The van der Waals surface area contributed by atoms with Crippen LogP contribution < -0.4 is 15.8 Å². The molecular formula is C13H19N3O3. The Morgan fingerprint density at radius 3 is 2.79 bits per heavy atom. The molecule has 1 amide bonds. The van der Waals surface area contributed by atoms with Gasteiger partial charge in [0, 0.05) is 5.56 Å². The Hall–Kier alpha value is -2.24. The van der Waals surface area contributed by atoms with Crippen LogP contribution >= 0.6 is 0 Å². The lowest BCUT2D eigenvalue weighted by Crippen LogP contribution is -2.44. The van der Waals surface area contributed by atoms with Crippen LogP contribution in [0.25, 0.3) is 0 Å². The SMILES string of the molecule is CCC(NC(=O)c1ccc(C)c(OC)c1)/C(N)=N/O. The van der Waals surface area contributed by atoms with Crippen LogP contribution in [0.5, 0.6) is 5.75 Å². The van der Waals surface area contributed by atoms with Crippen LogP contribution in [0.1, 0.15) is 29.3 Å². The van der Waals surface area contributed by atoms with Crippen LogP contribution in [0, 0.1) is 6.92 Å². The van der Waals surface area contributed by atoms with Gasteiger partial charge in [-0.25, -0.2) is 0 Å². The topological polar surface area (TPSA) is 96.9 Å². The summed E-state index contributed by atoms with van der Waals surface area (Å²) in [4.78, 5) is 12.1. The first-order valence-electron chi connectivity index (χ1n) is 5.96. The van der Waals surface area contributed by atoms with Crippen LogP contribution in [0.2, 0.25) is 0 Å². The maximum atomic E-state index is 12.1. The van der Waals surface area contributed by atoms with Gasteiger partial charge >= 0.3 is 0 Å². The van der Waals surface area contributed by atoms with Crippen molar-refractivity contribution in [3.05, 3.63) is 29.3 Å². The first-order valence-corrected chi connectivity index (χ1v) is 5.96. The van der Waals surface area contributed by atoms with Crippen LogP contribution in [0.3, 0.4) is 0 Å². The number of carbonyl (C=O) groups excluding carboxylic acids is 1. The molecule has 0 fully saturated rings. The molecule has 1 unspecified atom stereocenters. The lowest BCUT2D eigenvalue weighted by Gasteiger charge is -2.15. The number of nitrogens with one attached hydrogen (secondary N) is 1. The molecule has 0 heterocycles. The van der Waals surface area contributed by atoms with E-state index in [9.17, 15) is 4.79 Å². The van der Waals surface area contributed by atoms with Crippen molar-refractivity contribution in [2.75, 3.05) is 7.11 Å². The Bertz CT molecular complexity index is 486. The summed E-state index contributed by atoms with van der Waals surface area (Å²) in [5, 5.41) is 14.2. The van der Waals surface area contributed by atoms with E-state index in [0.29, 0.717) is 17.7 Å². The molecule has 1 rings (SSSR count). The van der Waals surface area contributed by atoms with Crippen molar-refractivity contribution in [3.63, 3.8) is 0 Å². The highest BCUT2D eigenvalue weighted by atomic mass is 16.5. The van der Waals surface area contributed by atoms with Crippen molar-refractivity contribution >= 4 is 11.7 Å². The summed E-state index contributed by atoms with van der Waals surface area (Å²) in [5.74, 6) is 0.330. The predicted molar refractivity (Wildman–Crippen MR) is 72.7 cm³/mol. The van der Waals surface area contributed by atoms with Gasteiger partial charge in [0.2, 0.25) is 0 Å². The number of ether oxygens (including phenoxy) is 1. The predicted octanol–water partition coefficient (Wildman–Crippen LogP) is 1.26. The van der Waals surface area contributed by atoms with Gasteiger partial charge in [-0.15, -0.1) is 0 Å². The Kier molecular flexibility index (Phi) is 5.17. The molecular weight excluding hydrogens is 246 g/mol. The normalized spacial score (nSPS) is 12.9. The summed E-state index contributed by atoms with van der Waals surface area (Å²) in [6.07, 6.45) is 0.532. The Balaban J connectivity index is 2.89. The van der Waals surface area contributed by atoms with Gasteiger partial charge in [0.15, 0.2) is 5.84 Å². The van der Waals surface area contributed by atoms with Crippen LogP contribution in [-0.2, 0) is 0 Å². The number of nitrogens with zero attached hydrogens (tertiary/aromatic N) is 1. The van der Waals surface area contributed by atoms with Crippen LogP contribution in [0.4, 0.5) is 0 Å². The highest BCUT2D eigenvalue weighted by molar-refractivity contribution is 5.98. The second-order valence-electron chi connectivity index (χ2n) is 4.14. The Labute approximate surface area is 112 Å². The summed E-state index contributed by atoms with van der Waals surface area (Å²) in [7, 11) is 1.55. The summed E-state index contributed by atoms with van der Waals surface area (Å²) in [6, 6.07) is 4.67. The number of hydrogen-bond acceptors (Lipinski definition) is 4. The molecule has 0 aromatic heterocycles. The minimum absolute atomic E-state index is 0.0186. The number of hydrogen-bond donors (Lipinski definition) is 3. The third-order valence-corrected chi connectivity index (χ3v) is 2.86. The molecule has 0 aliphatic heterocycles. The molecule has 1 aromatic carbocycles. The maximum absolute atomic E-state index is 12.1. The first kappa shape index (κ1) is 14.8. The minimum Gasteiger partial charge on any atom is -0.496 e. The average molecular weight is 265 g/mol. The molecule has 6 heteroatoms. The largest absolute Gasteiger partial charge is 0.496 e. The van der Waals surface area contributed by atoms with Gasteiger partial charge in [0.1, 0.15) is 5.75 Å². The molecule has 1 aromatic rings. The monoisotopic (exact) mass is 265 g/mol. The zero-order valence-electron chi connectivity index (χ0n) is 11.3. The number of carbonyl (C=O) groups is 1. The van der Waals surface area contributed by atoms with Gasteiger partial charge in [0.25, 0.3) is 5.91 Å².